The Kier molecular flexibility index (Phi) is 2.27. The van der Waals surface area contributed by atoms with E-state index < -0.39 is 0 Å². The molecule has 0 fully saturated rings. The third kappa shape index (κ3) is 1.56. The molecule has 0 saturated carbocycles. The Labute approximate surface area is 83.0 Å². The van der Waals surface area contributed by atoms with Crippen LogP contribution in [0.2, 0.25) is 0 Å². The molecule has 0 aliphatic carbocycles. The van der Waals surface area contributed by atoms with Crippen LogP contribution in [0.4, 0.5) is 0 Å². The molecule has 2 aromatic rings. The molecule has 1 unspecified atom stereocenters. The lowest BCUT2D eigenvalue weighted by atomic mass is 10.1. The smallest absolute Gasteiger partial charge is 0.0634 e. The molecule has 0 aliphatic rings. The highest BCUT2D eigenvalue weighted by Crippen LogP contribution is 2.14. The lowest BCUT2D eigenvalue weighted by Crippen LogP contribution is -2.00. The van der Waals surface area contributed by atoms with Crippen molar-refractivity contribution in [2.75, 3.05) is 5.75 Å². The molecule has 0 amide bonds. The minimum absolute atomic E-state index is 0.412. The zero-order chi connectivity index (χ0) is 9.26. The predicted molar refractivity (Wildman–Crippen MR) is 57.5 cm³/mol. The van der Waals surface area contributed by atoms with Crippen LogP contribution in [0.25, 0.3) is 5.52 Å². The summed E-state index contributed by atoms with van der Waals surface area (Å²) in [4.78, 5) is 4.38. The second-order valence-electron chi connectivity index (χ2n) is 3.24. The average Bonchev–Trinajstić information content (AvgIpc) is 2.63. The summed E-state index contributed by atoms with van der Waals surface area (Å²) in [6, 6.07) is 4.06. The van der Waals surface area contributed by atoms with Crippen molar-refractivity contribution in [3.63, 3.8) is 0 Å². The normalized spacial score (nSPS) is 13.4. The van der Waals surface area contributed by atoms with Crippen LogP contribution >= 0.6 is 12.6 Å². The van der Waals surface area contributed by atoms with E-state index in [0.717, 1.165) is 17.0 Å². The lowest BCUT2D eigenvalue weighted by molar-refractivity contribution is 0.822. The van der Waals surface area contributed by atoms with Crippen molar-refractivity contribution in [1.82, 2.24) is 9.38 Å². The largest absolute Gasteiger partial charge is 0.321 e. The van der Waals surface area contributed by atoms with Gasteiger partial charge < -0.3 is 4.40 Å². The van der Waals surface area contributed by atoms with Crippen molar-refractivity contribution in [2.24, 2.45) is 0 Å². The number of rotatable bonds is 2. The molecular formula is C10H12N2S. The SMILES string of the molecule is CC(CS)c1cn2cccc2cn1. The van der Waals surface area contributed by atoms with Crippen LogP contribution in [0.3, 0.4) is 0 Å². The molecule has 0 saturated heterocycles. The molecular weight excluding hydrogens is 180 g/mol. The van der Waals surface area contributed by atoms with Gasteiger partial charge in [-0.2, -0.15) is 12.6 Å². The Balaban J connectivity index is 2.48. The summed E-state index contributed by atoms with van der Waals surface area (Å²) in [5.41, 5.74) is 2.23. The number of nitrogens with zero attached hydrogens (tertiary/aromatic N) is 2. The Hall–Kier alpha value is -0.960. The van der Waals surface area contributed by atoms with Gasteiger partial charge in [-0.05, 0) is 17.9 Å². The molecule has 2 aromatic heterocycles. The minimum Gasteiger partial charge on any atom is -0.321 e. The standard InChI is InChI=1S/C10H12N2S/c1-8(7-13)10-6-12-4-2-3-9(12)5-11-10/h2-6,8,13H,7H2,1H3. The van der Waals surface area contributed by atoms with Gasteiger partial charge in [0.1, 0.15) is 0 Å². The van der Waals surface area contributed by atoms with Crippen molar-refractivity contribution in [1.29, 1.82) is 0 Å². The summed E-state index contributed by atoms with van der Waals surface area (Å²) in [7, 11) is 0. The van der Waals surface area contributed by atoms with E-state index in [1.165, 1.54) is 0 Å². The van der Waals surface area contributed by atoms with Crippen molar-refractivity contribution < 1.29 is 0 Å². The van der Waals surface area contributed by atoms with Crippen LogP contribution in [0.1, 0.15) is 18.5 Å². The summed E-state index contributed by atoms with van der Waals surface area (Å²) in [6.07, 6.45) is 6.00. The number of thiol groups is 1. The van der Waals surface area contributed by atoms with E-state index in [-0.39, 0.29) is 0 Å². The van der Waals surface area contributed by atoms with Crippen LogP contribution in [0, 0.1) is 0 Å². The zero-order valence-corrected chi connectivity index (χ0v) is 8.41. The molecule has 2 heterocycles. The summed E-state index contributed by atoms with van der Waals surface area (Å²) in [6.45, 7) is 2.13. The molecule has 2 nitrogen and oxygen atoms in total. The number of hydrogen-bond donors (Lipinski definition) is 1. The van der Waals surface area contributed by atoms with Crippen molar-refractivity contribution in [3.05, 3.63) is 36.4 Å². The third-order valence-corrected chi connectivity index (χ3v) is 2.76. The molecule has 13 heavy (non-hydrogen) atoms. The van der Waals surface area contributed by atoms with Gasteiger partial charge in [-0.25, -0.2) is 0 Å². The fourth-order valence-corrected chi connectivity index (χ4v) is 1.49. The topological polar surface area (TPSA) is 17.3 Å². The first-order valence-corrected chi connectivity index (χ1v) is 4.98. The average molecular weight is 192 g/mol. The fraction of sp³-hybridized carbons (Fsp3) is 0.300. The quantitative estimate of drug-likeness (QED) is 0.723. The Morgan fingerprint density at radius 2 is 2.46 bits per heavy atom. The minimum atomic E-state index is 0.412. The highest BCUT2D eigenvalue weighted by atomic mass is 32.1. The lowest BCUT2D eigenvalue weighted by Gasteiger charge is -2.07. The van der Waals surface area contributed by atoms with E-state index >= 15 is 0 Å². The summed E-state index contributed by atoms with van der Waals surface area (Å²) in [5.74, 6) is 1.25. The van der Waals surface area contributed by atoms with Crippen LogP contribution in [0.5, 0.6) is 0 Å². The van der Waals surface area contributed by atoms with Crippen LogP contribution in [-0.2, 0) is 0 Å². The van der Waals surface area contributed by atoms with Gasteiger partial charge in [-0.1, -0.05) is 6.92 Å². The van der Waals surface area contributed by atoms with Crippen LogP contribution in [0.15, 0.2) is 30.7 Å². The first kappa shape index (κ1) is 8.63. The second-order valence-corrected chi connectivity index (χ2v) is 3.60. The van der Waals surface area contributed by atoms with E-state index in [1.54, 1.807) is 0 Å². The molecule has 0 bridgehead atoms. The Bertz CT molecular complexity index is 408. The maximum atomic E-state index is 4.38. The van der Waals surface area contributed by atoms with Crippen molar-refractivity contribution >= 4 is 18.1 Å². The second kappa shape index (κ2) is 3.42. The summed E-state index contributed by atoms with van der Waals surface area (Å²) in [5, 5.41) is 0. The molecule has 3 heteroatoms. The predicted octanol–water partition coefficient (Wildman–Crippen LogP) is 2.37. The van der Waals surface area contributed by atoms with Crippen molar-refractivity contribution in [2.45, 2.75) is 12.8 Å². The highest BCUT2D eigenvalue weighted by Gasteiger charge is 2.04. The highest BCUT2D eigenvalue weighted by molar-refractivity contribution is 7.80. The van der Waals surface area contributed by atoms with E-state index in [0.29, 0.717) is 5.92 Å². The van der Waals surface area contributed by atoms with Gasteiger partial charge in [0.15, 0.2) is 0 Å². The molecule has 0 aliphatic heterocycles. The van der Waals surface area contributed by atoms with Gasteiger partial charge in [-0.3, -0.25) is 4.98 Å². The fourth-order valence-electron chi connectivity index (χ4n) is 1.30. The molecule has 0 spiro atoms. The third-order valence-electron chi connectivity index (χ3n) is 2.21. The van der Waals surface area contributed by atoms with Gasteiger partial charge in [0.25, 0.3) is 0 Å². The van der Waals surface area contributed by atoms with Crippen LogP contribution in [-0.4, -0.2) is 15.1 Å². The molecule has 0 radical (unpaired) electrons. The molecule has 0 aromatic carbocycles. The van der Waals surface area contributed by atoms with Crippen LogP contribution < -0.4 is 0 Å². The maximum Gasteiger partial charge on any atom is 0.0634 e. The Morgan fingerprint density at radius 1 is 1.62 bits per heavy atom. The number of aromatic nitrogens is 2. The molecule has 68 valence electrons. The van der Waals surface area contributed by atoms with E-state index in [9.17, 15) is 0 Å². The van der Waals surface area contributed by atoms with Crippen molar-refractivity contribution in [3.8, 4) is 0 Å². The first-order valence-electron chi connectivity index (χ1n) is 4.35. The summed E-state index contributed by atoms with van der Waals surface area (Å²) >= 11 is 4.26. The van der Waals surface area contributed by atoms with Gasteiger partial charge in [0.2, 0.25) is 0 Å². The van der Waals surface area contributed by atoms with E-state index in [1.807, 2.05) is 24.5 Å². The zero-order valence-electron chi connectivity index (χ0n) is 7.51. The number of hydrogen-bond acceptors (Lipinski definition) is 2. The number of fused-ring (bicyclic) bond motifs is 1. The molecule has 0 N–H and O–H groups in total. The Morgan fingerprint density at radius 3 is 3.23 bits per heavy atom. The van der Waals surface area contributed by atoms with Gasteiger partial charge in [0, 0.05) is 18.3 Å². The monoisotopic (exact) mass is 192 g/mol. The summed E-state index contributed by atoms with van der Waals surface area (Å²) < 4.78 is 2.09. The van der Waals surface area contributed by atoms with Gasteiger partial charge >= 0.3 is 0 Å². The van der Waals surface area contributed by atoms with Gasteiger partial charge in [0.05, 0.1) is 17.4 Å². The maximum absolute atomic E-state index is 4.38. The first-order chi connectivity index (χ1) is 6.31. The van der Waals surface area contributed by atoms with E-state index in [4.69, 9.17) is 0 Å². The molecule has 1 atom stereocenters. The van der Waals surface area contributed by atoms with Gasteiger partial charge in [-0.15, -0.1) is 0 Å². The van der Waals surface area contributed by atoms with E-state index in [2.05, 4.69) is 35.1 Å². The molecule has 2 rings (SSSR count).